The third kappa shape index (κ3) is 6.08. The second-order valence-corrected chi connectivity index (χ2v) is 11.4. The number of amides is 2. The highest BCUT2D eigenvalue weighted by molar-refractivity contribution is 8.02. The molecule has 2 amide bonds. The fraction of sp³-hybridized carbons (Fsp3) is 0.571. The Morgan fingerprint density at radius 1 is 1.03 bits per heavy atom. The first kappa shape index (κ1) is 24.7. The predicted molar refractivity (Wildman–Crippen MR) is 129 cm³/mol. The lowest BCUT2D eigenvalue weighted by Gasteiger charge is -2.11. The molecule has 0 spiro atoms. The number of aromatic nitrogens is 2. The number of hydrogen-bond acceptors (Lipinski definition) is 9. The van der Waals surface area contributed by atoms with Gasteiger partial charge in [-0.2, -0.15) is 0 Å². The van der Waals surface area contributed by atoms with Crippen LogP contribution in [0.15, 0.2) is 4.34 Å². The van der Waals surface area contributed by atoms with Gasteiger partial charge in [-0.3, -0.25) is 9.59 Å². The zero-order valence-electron chi connectivity index (χ0n) is 18.6. The number of esters is 1. The summed E-state index contributed by atoms with van der Waals surface area (Å²) in [5.74, 6) is -0.890. The predicted octanol–water partition coefficient (Wildman–Crippen LogP) is 4.76. The van der Waals surface area contributed by atoms with Gasteiger partial charge in [-0.25, -0.2) is 4.79 Å². The van der Waals surface area contributed by atoms with E-state index in [-0.39, 0.29) is 30.3 Å². The van der Waals surface area contributed by atoms with Crippen LogP contribution in [0.25, 0.3) is 0 Å². The minimum atomic E-state index is -0.464. The van der Waals surface area contributed by atoms with Gasteiger partial charge < -0.3 is 15.4 Å². The SMILES string of the molecule is CCOC(=O)c1c(NC(=O)C(C)Sc2nnc(NC(=O)C(C)C)s2)sc2c1CCCCC2. The van der Waals surface area contributed by atoms with Gasteiger partial charge in [0, 0.05) is 10.8 Å². The highest BCUT2D eigenvalue weighted by Crippen LogP contribution is 2.38. The Hall–Kier alpha value is -1.98. The fourth-order valence-corrected chi connectivity index (χ4v) is 6.41. The Kier molecular flexibility index (Phi) is 8.66. The van der Waals surface area contributed by atoms with Crippen LogP contribution in [-0.2, 0) is 27.2 Å². The topological polar surface area (TPSA) is 110 Å². The molecule has 1 aliphatic carbocycles. The number of nitrogens with zero attached hydrogens (tertiary/aromatic N) is 2. The van der Waals surface area contributed by atoms with Crippen molar-refractivity contribution in [2.24, 2.45) is 5.92 Å². The van der Waals surface area contributed by atoms with E-state index >= 15 is 0 Å². The summed E-state index contributed by atoms with van der Waals surface area (Å²) in [6.07, 6.45) is 5.00. The average molecular weight is 497 g/mol. The molecular weight excluding hydrogens is 468 g/mol. The molecule has 2 aromatic rings. The van der Waals surface area contributed by atoms with E-state index in [1.54, 1.807) is 27.7 Å². The number of ether oxygens (including phenoxy) is 1. The molecule has 8 nitrogen and oxygen atoms in total. The van der Waals surface area contributed by atoms with Crippen LogP contribution in [0.3, 0.4) is 0 Å². The summed E-state index contributed by atoms with van der Waals surface area (Å²) in [5.41, 5.74) is 1.53. The Bertz CT molecular complexity index is 986. The Morgan fingerprint density at radius 2 is 1.78 bits per heavy atom. The van der Waals surface area contributed by atoms with E-state index in [4.69, 9.17) is 4.74 Å². The van der Waals surface area contributed by atoms with Crippen molar-refractivity contribution in [1.29, 1.82) is 0 Å². The van der Waals surface area contributed by atoms with Crippen LogP contribution >= 0.6 is 34.4 Å². The van der Waals surface area contributed by atoms with Gasteiger partial charge in [0.2, 0.25) is 16.9 Å². The third-order valence-electron chi connectivity index (χ3n) is 4.95. The number of aryl methyl sites for hydroxylation is 1. The van der Waals surface area contributed by atoms with Crippen LogP contribution in [0.1, 0.15) is 67.8 Å². The largest absolute Gasteiger partial charge is 0.462 e. The van der Waals surface area contributed by atoms with E-state index in [1.807, 2.05) is 0 Å². The summed E-state index contributed by atoms with van der Waals surface area (Å²) in [5, 5.41) is 14.2. The molecular formula is C21H28N4O4S3. The molecule has 0 fully saturated rings. The van der Waals surface area contributed by atoms with Gasteiger partial charge in [-0.1, -0.05) is 43.4 Å². The Morgan fingerprint density at radius 3 is 2.50 bits per heavy atom. The highest BCUT2D eigenvalue weighted by atomic mass is 32.2. The number of carbonyl (C=O) groups is 3. The van der Waals surface area contributed by atoms with Gasteiger partial charge in [-0.05, 0) is 45.1 Å². The van der Waals surface area contributed by atoms with E-state index in [1.165, 1.54) is 34.4 Å². The van der Waals surface area contributed by atoms with E-state index in [0.717, 1.165) is 42.5 Å². The minimum Gasteiger partial charge on any atom is -0.462 e. The van der Waals surface area contributed by atoms with Crippen LogP contribution in [0.4, 0.5) is 10.1 Å². The molecule has 1 aliphatic rings. The summed E-state index contributed by atoms with van der Waals surface area (Å²) in [7, 11) is 0. The summed E-state index contributed by atoms with van der Waals surface area (Å²) in [4.78, 5) is 38.6. The third-order valence-corrected chi connectivity index (χ3v) is 8.18. The van der Waals surface area contributed by atoms with Gasteiger partial charge in [0.15, 0.2) is 4.34 Å². The van der Waals surface area contributed by atoms with Crippen LogP contribution in [0.2, 0.25) is 0 Å². The summed E-state index contributed by atoms with van der Waals surface area (Å²) < 4.78 is 5.87. The normalized spacial score (nSPS) is 14.4. The molecule has 3 rings (SSSR count). The molecule has 0 aromatic carbocycles. The molecule has 0 bridgehead atoms. The summed E-state index contributed by atoms with van der Waals surface area (Å²) in [6.45, 7) is 7.44. The van der Waals surface area contributed by atoms with Crippen LogP contribution in [0, 0.1) is 5.92 Å². The molecule has 0 aliphatic heterocycles. The van der Waals surface area contributed by atoms with Crippen molar-refractivity contribution >= 4 is 62.4 Å². The lowest BCUT2D eigenvalue weighted by molar-refractivity contribution is -0.119. The molecule has 1 atom stereocenters. The fourth-order valence-electron chi connectivity index (χ4n) is 3.23. The van der Waals surface area contributed by atoms with Crippen LogP contribution in [-0.4, -0.2) is 39.8 Å². The number of anilines is 2. The van der Waals surface area contributed by atoms with Crippen LogP contribution < -0.4 is 10.6 Å². The maximum Gasteiger partial charge on any atom is 0.341 e. The lowest BCUT2D eigenvalue weighted by atomic mass is 10.1. The molecule has 0 saturated heterocycles. The first-order valence-electron chi connectivity index (χ1n) is 10.7. The van der Waals surface area contributed by atoms with Crippen molar-refractivity contribution in [3.8, 4) is 0 Å². The number of fused-ring (bicyclic) bond motifs is 1. The Labute approximate surface area is 199 Å². The summed E-state index contributed by atoms with van der Waals surface area (Å²) >= 11 is 3.97. The van der Waals surface area contributed by atoms with E-state index in [9.17, 15) is 14.4 Å². The number of thiophene rings is 1. The minimum absolute atomic E-state index is 0.132. The second kappa shape index (κ2) is 11.2. The quantitative estimate of drug-likeness (QED) is 0.235. The number of thioether (sulfide) groups is 1. The molecule has 0 radical (unpaired) electrons. The monoisotopic (exact) mass is 496 g/mol. The number of hydrogen-bond donors (Lipinski definition) is 2. The molecule has 0 saturated carbocycles. The molecule has 2 heterocycles. The standard InChI is InChI=1S/C21H28N4O4S3/c1-5-29-19(28)15-13-9-7-6-8-10-14(13)31-18(15)22-17(27)12(4)30-21-25-24-20(32-21)23-16(26)11(2)3/h11-12H,5-10H2,1-4H3,(H,22,27)(H,23,24,26). The zero-order chi connectivity index (χ0) is 23.3. The van der Waals surface area contributed by atoms with Crippen molar-refractivity contribution in [1.82, 2.24) is 10.2 Å². The van der Waals surface area contributed by atoms with Crippen molar-refractivity contribution < 1.29 is 19.1 Å². The van der Waals surface area contributed by atoms with E-state index < -0.39 is 5.25 Å². The zero-order valence-corrected chi connectivity index (χ0v) is 21.1. The first-order chi connectivity index (χ1) is 15.3. The van der Waals surface area contributed by atoms with Crippen molar-refractivity contribution in [2.45, 2.75) is 69.4 Å². The summed E-state index contributed by atoms with van der Waals surface area (Å²) in [6, 6.07) is 0. The lowest BCUT2D eigenvalue weighted by Crippen LogP contribution is -2.23. The van der Waals surface area contributed by atoms with Gasteiger partial charge in [0.1, 0.15) is 5.00 Å². The van der Waals surface area contributed by atoms with Gasteiger partial charge >= 0.3 is 5.97 Å². The Balaban J connectivity index is 1.70. The molecule has 2 N–H and O–H groups in total. The smallest absolute Gasteiger partial charge is 0.341 e. The highest BCUT2D eigenvalue weighted by Gasteiger charge is 2.28. The molecule has 1 unspecified atom stereocenters. The average Bonchev–Trinajstić information content (AvgIpc) is 3.24. The number of nitrogens with one attached hydrogen (secondary N) is 2. The van der Waals surface area contributed by atoms with Gasteiger partial charge in [0.05, 0.1) is 17.4 Å². The van der Waals surface area contributed by atoms with E-state index in [0.29, 0.717) is 20.0 Å². The maximum atomic E-state index is 12.9. The molecule has 32 heavy (non-hydrogen) atoms. The van der Waals surface area contributed by atoms with Crippen molar-refractivity contribution in [3.05, 3.63) is 16.0 Å². The van der Waals surface area contributed by atoms with E-state index in [2.05, 4.69) is 20.8 Å². The molecule has 174 valence electrons. The van der Waals surface area contributed by atoms with Crippen molar-refractivity contribution in [3.63, 3.8) is 0 Å². The first-order valence-corrected chi connectivity index (χ1v) is 13.2. The van der Waals surface area contributed by atoms with Gasteiger partial charge in [0.25, 0.3) is 0 Å². The maximum absolute atomic E-state index is 12.9. The van der Waals surface area contributed by atoms with Gasteiger partial charge in [-0.15, -0.1) is 21.5 Å². The molecule has 2 aromatic heterocycles. The van der Waals surface area contributed by atoms with Crippen molar-refractivity contribution in [2.75, 3.05) is 17.2 Å². The number of carbonyl (C=O) groups excluding carboxylic acids is 3. The van der Waals surface area contributed by atoms with Crippen LogP contribution in [0.5, 0.6) is 0 Å². The second-order valence-electron chi connectivity index (χ2n) is 7.76. The number of rotatable bonds is 8. The molecule has 11 heteroatoms.